The van der Waals surface area contributed by atoms with E-state index >= 15 is 0 Å². The van der Waals surface area contributed by atoms with Gasteiger partial charge in [-0.25, -0.2) is 4.79 Å². The summed E-state index contributed by atoms with van der Waals surface area (Å²) < 4.78 is 5.20. The third kappa shape index (κ3) is 6.95. The zero-order chi connectivity index (χ0) is 21.6. The van der Waals surface area contributed by atoms with E-state index in [0.717, 1.165) is 5.56 Å². The van der Waals surface area contributed by atoms with Crippen molar-refractivity contribution in [2.45, 2.75) is 46.6 Å². The fourth-order valence-corrected chi connectivity index (χ4v) is 2.40. The third-order valence-corrected chi connectivity index (χ3v) is 3.88. The van der Waals surface area contributed by atoms with Crippen LogP contribution in [0.1, 0.15) is 50.0 Å². The highest BCUT2D eigenvalue weighted by molar-refractivity contribution is 6.05. The number of ether oxygens (including phenoxy) is 1. The van der Waals surface area contributed by atoms with Crippen molar-refractivity contribution in [2.24, 2.45) is 0 Å². The number of amides is 3. The number of aryl methyl sites for hydroxylation is 1. The number of nitrogens with one attached hydrogen (secondary N) is 3. The molecule has 0 aliphatic heterocycles. The van der Waals surface area contributed by atoms with Gasteiger partial charge in [-0.15, -0.1) is 0 Å². The molecule has 3 N–H and O–H groups in total. The molecule has 0 fully saturated rings. The quantitative estimate of drug-likeness (QED) is 0.665. The van der Waals surface area contributed by atoms with Gasteiger partial charge >= 0.3 is 6.09 Å². The van der Waals surface area contributed by atoms with Gasteiger partial charge in [0.25, 0.3) is 5.91 Å². The van der Waals surface area contributed by atoms with Crippen molar-refractivity contribution in [1.82, 2.24) is 0 Å². The highest BCUT2D eigenvalue weighted by atomic mass is 16.6. The number of benzene rings is 2. The van der Waals surface area contributed by atoms with Crippen molar-refractivity contribution in [1.29, 1.82) is 0 Å². The van der Waals surface area contributed by atoms with Crippen molar-refractivity contribution >= 4 is 35.0 Å². The van der Waals surface area contributed by atoms with Gasteiger partial charge < -0.3 is 15.4 Å². The second-order valence-electron chi connectivity index (χ2n) is 7.59. The van der Waals surface area contributed by atoms with Crippen molar-refractivity contribution < 1.29 is 19.1 Å². The minimum atomic E-state index is -0.590. The molecule has 2 rings (SSSR count). The van der Waals surface area contributed by atoms with Crippen LogP contribution in [0, 0.1) is 6.92 Å². The maximum atomic E-state index is 12.6. The lowest BCUT2D eigenvalue weighted by atomic mass is 10.1. The maximum absolute atomic E-state index is 12.6. The largest absolute Gasteiger partial charge is 0.444 e. The minimum absolute atomic E-state index is 0.0980. The summed E-state index contributed by atoms with van der Waals surface area (Å²) in [6, 6.07) is 11.8. The molecule has 2 aromatic carbocycles. The molecule has 29 heavy (non-hydrogen) atoms. The predicted molar refractivity (Wildman–Crippen MR) is 114 cm³/mol. The molecule has 0 atom stereocenters. The summed E-state index contributed by atoms with van der Waals surface area (Å²) in [7, 11) is 0. The molecule has 0 heterocycles. The fraction of sp³-hybridized carbons (Fsp3) is 0.318. The molecular weight excluding hydrogens is 370 g/mol. The van der Waals surface area contributed by atoms with Gasteiger partial charge in [0.05, 0.1) is 0 Å². The Bertz CT molecular complexity index is 899. The summed E-state index contributed by atoms with van der Waals surface area (Å²) in [5.41, 5.74) is 2.47. The zero-order valence-electron chi connectivity index (χ0n) is 17.4. The monoisotopic (exact) mass is 397 g/mol. The van der Waals surface area contributed by atoms with Gasteiger partial charge in [0.1, 0.15) is 5.60 Å². The average Bonchev–Trinajstić information content (AvgIpc) is 2.63. The lowest BCUT2D eigenvalue weighted by molar-refractivity contribution is -0.115. The Labute approximate surface area is 170 Å². The first-order chi connectivity index (χ1) is 13.6. The Balaban J connectivity index is 2.05. The normalized spacial score (nSPS) is 10.8. The van der Waals surface area contributed by atoms with Gasteiger partial charge in [-0.3, -0.25) is 14.9 Å². The van der Waals surface area contributed by atoms with Crippen molar-refractivity contribution in [2.75, 3.05) is 16.0 Å². The fourth-order valence-electron chi connectivity index (χ4n) is 2.40. The molecule has 0 unspecified atom stereocenters. The molecule has 0 aromatic heterocycles. The molecule has 0 spiro atoms. The Morgan fingerprint density at radius 3 is 2.10 bits per heavy atom. The summed E-state index contributed by atoms with van der Waals surface area (Å²) in [5, 5.41) is 8.24. The number of carbonyl (C=O) groups is 3. The van der Waals surface area contributed by atoms with Crippen molar-refractivity contribution in [3.8, 4) is 0 Å². The molecule has 3 amide bonds. The molecule has 7 heteroatoms. The summed E-state index contributed by atoms with van der Waals surface area (Å²) in [6.45, 7) is 8.99. The lowest BCUT2D eigenvalue weighted by Crippen LogP contribution is -2.27. The summed E-state index contributed by atoms with van der Waals surface area (Å²) in [6.07, 6.45) is -0.185. The number of hydrogen-bond acceptors (Lipinski definition) is 4. The van der Waals surface area contributed by atoms with Crippen molar-refractivity contribution in [3.05, 3.63) is 53.6 Å². The first-order valence-electron chi connectivity index (χ1n) is 9.39. The van der Waals surface area contributed by atoms with Crippen LogP contribution in [0.5, 0.6) is 0 Å². The van der Waals surface area contributed by atoms with Crippen LogP contribution in [0.15, 0.2) is 42.5 Å². The van der Waals surface area contributed by atoms with E-state index in [4.69, 9.17) is 4.74 Å². The topological polar surface area (TPSA) is 96.5 Å². The van der Waals surface area contributed by atoms with Crippen LogP contribution >= 0.6 is 0 Å². The molecule has 154 valence electrons. The lowest BCUT2D eigenvalue weighted by Gasteiger charge is -2.19. The predicted octanol–water partition coefficient (Wildman–Crippen LogP) is 4.94. The van der Waals surface area contributed by atoms with Crippen molar-refractivity contribution in [3.63, 3.8) is 0 Å². The highest BCUT2D eigenvalue weighted by Gasteiger charge is 2.16. The Kier molecular flexibility index (Phi) is 6.98. The van der Waals surface area contributed by atoms with Crippen LogP contribution in [0.25, 0.3) is 0 Å². The Morgan fingerprint density at radius 2 is 1.52 bits per heavy atom. The van der Waals surface area contributed by atoms with E-state index in [9.17, 15) is 14.4 Å². The summed E-state index contributed by atoms with van der Waals surface area (Å²) in [4.78, 5) is 35.9. The van der Waals surface area contributed by atoms with E-state index in [2.05, 4.69) is 16.0 Å². The van der Waals surface area contributed by atoms with Crippen LogP contribution in [-0.2, 0) is 9.53 Å². The van der Waals surface area contributed by atoms with E-state index in [1.807, 2.05) is 13.0 Å². The van der Waals surface area contributed by atoms with E-state index in [1.54, 1.807) is 64.1 Å². The van der Waals surface area contributed by atoms with Gasteiger partial charge in [-0.05, 0) is 69.7 Å². The van der Waals surface area contributed by atoms with Gasteiger partial charge in [0.2, 0.25) is 5.91 Å². The van der Waals surface area contributed by atoms with Gasteiger partial charge in [0.15, 0.2) is 0 Å². The standard InChI is InChI=1S/C22H27N3O4/c1-6-19(26)23-17-10-7-14(2)18(13-17)25-20(27)15-8-11-16(12-9-15)24-21(28)29-22(3,4)5/h7-13H,6H2,1-5H3,(H,23,26)(H,24,28)(H,25,27). The molecule has 0 saturated carbocycles. The molecular formula is C22H27N3O4. The summed E-state index contributed by atoms with van der Waals surface area (Å²) >= 11 is 0. The number of carbonyl (C=O) groups excluding carboxylic acids is 3. The number of hydrogen-bond donors (Lipinski definition) is 3. The number of anilines is 3. The Morgan fingerprint density at radius 1 is 0.897 bits per heavy atom. The SMILES string of the molecule is CCC(=O)Nc1ccc(C)c(NC(=O)c2ccc(NC(=O)OC(C)(C)C)cc2)c1. The van der Waals surface area contributed by atoms with E-state index in [0.29, 0.717) is 29.0 Å². The minimum Gasteiger partial charge on any atom is -0.444 e. The van der Waals surface area contributed by atoms with Crippen LogP contribution in [0.2, 0.25) is 0 Å². The maximum Gasteiger partial charge on any atom is 0.412 e. The molecule has 0 aliphatic rings. The highest BCUT2D eigenvalue weighted by Crippen LogP contribution is 2.22. The molecule has 0 saturated heterocycles. The van der Waals surface area contributed by atoms with Crippen LogP contribution in [0.3, 0.4) is 0 Å². The summed E-state index contributed by atoms with van der Waals surface area (Å²) in [5.74, 6) is -0.393. The van der Waals surface area contributed by atoms with Crippen LogP contribution < -0.4 is 16.0 Å². The zero-order valence-corrected chi connectivity index (χ0v) is 17.4. The van der Waals surface area contributed by atoms with Gasteiger partial charge in [0, 0.05) is 29.0 Å². The van der Waals surface area contributed by atoms with E-state index in [-0.39, 0.29) is 11.8 Å². The smallest absolute Gasteiger partial charge is 0.412 e. The van der Waals surface area contributed by atoms with Gasteiger partial charge in [-0.1, -0.05) is 13.0 Å². The molecule has 0 radical (unpaired) electrons. The van der Waals surface area contributed by atoms with E-state index < -0.39 is 11.7 Å². The van der Waals surface area contributed by atoms with Crippen LogP contribution in [-0.4, -0.2) is 23.5 Å². The average molecular weight is 397 g/mol. The Hall–Kier alpha value is -3.35. The molecule has 7 nitrogen and oxygen atoms in total. The van der Waals surface area contributed by atoms with Gasteiger partial charge in [-0.2, -0.15) is 0 Å². The third-order valence-electron chi connectivity index (χ3n) is 3.88. The second-order valence-corrected chi connectivity index (χ2v) is 7.59. The second kappa shape index (κ2) is 9.23. The van der Waals surface area contributed by atoms with E-state index in [1.165, 1.54) is 0 Å². The van der Waals surface area contributed by atoms with Crippen LogP contribution in [0.4, 0.5) is 21.9 Å². The molecule has 0 bridgehead atoms. The first-order valence-corrected chi connectivity index (χ1v) is 9.39. The molecule has 2 aromatic rings. The number of rotatable bonds is 5. The first kappa shape index (κ1) is 21.9. The molecule has 0 aliphatic carbocycles.